The molecule has 0 saturated carbocycles. The number of aromatic nitrogens is 1. The lowest BCUT2D eigenvalue weighted by atomic mass is 10.2. The molecule has 0 unspecified atom stereocenters. The van der Waals surface area contributed by atoms with E-state index in [1.807, 2.05) is 0 Å². The Morgan fingerprint density at radius 3 is 2.43 bits per heavy atom. The summed E-state index contributed by atoms with van der Waals surface area (Å²) in [7, 11) is 0. The highest BCUT2D eigenvalue weighted by molar-refractivity contribution is 5.54. The molecular formula is C16H12F2N2O. The van der Waals surface area contributed by atoms with Crippen LogP contribution in [0.4, 0.5) is 14.5 Å². The molecule has 3 nitrogen and oxygen atoms in total. The van der Waals surface area contributed by atoms with Gasteiger partial charge in [0.2, 0.25) is 5.89 Å². The molecule has 1 aromatic heterocycles. The number of hydrogen-bond donors (Lipinski definition) is 1. The van der Waals surface area contributed by atoms with Crippen molar-refractivity contribution in [3.63, 3.8) is 0 Å². The molecule has 0 aliphatic rings. The highest BCUT2D eigenvalue weighted by Gasteiger charge is 2.11. The van der Waals surface area contributed by atoms with Crippen molar-refractivity contribution < 1.29 is 13.2 Å². The zero-order valence-electron chi connectivity index (χ0n) is 11.0. The van der Waals surface area contributed by atoms with Crippen LogP contribution in [0.25, 0.3) is 11.5 Å². The molecule has 0 spiro atoms. The second kappa shape index (κ2) is 5.75. The molecule has 0 fully saturated rings. The van der Waals surface area contributed by atoms with Gasteiger partial charge in [-0.2, -0.15) is 0 Å². The van der Waals surface area contributed by atoms with Gasteiger partial charge >= 0.3 is 0 Å². The number of nitrogens with zero attached hydrogens (tertiary/aromatic N) is 1. The molecule has 0 radical (unpaired) electrons. The predicted octanol–water partition coefficient (Wildman–Crippen LogP) is 4.23. The molecule has 3 rings (SSSR count). The number of hydrogen-bond acceptors (Lipinski definition) is 3. The minimum atomic E-state index is -0.395. The van der Waals surface area contributed by atoms with Gasteiger partial charge in [-0.15, -0.1) is 0 Å². The number of oxazole rings is 1. The van der Waals surface area contributed by atoms with Crippen LogP contribution in [-0.2, 0) is 6.54 Å². The minimum Gasteiger partial charge on any atom is -0.444 e. The summed E-state index contributed by atoms with van der Waals surface area (Å²) in [6.07, 6.45) is 1.43. The van der Waals surface area contributed by atoms with Crippen LogP contribution in [0.15, 0.2) is 59.2 Å². The second-order valence-electron chi connectivity index (χ2n) is 4.46. The van der Waals surface area contributed by atoms with Gasteiger partial charge in [0.05, 0.1) is 23.5 Å². The highest BCUT2D eigenvalue weighted by Crippen LogP contribution is 2.22. The van der Waals surface area contributed by atoms with E-state index in [2.05, 4.69) is 10.3 Å². The Bertz CT molecular complexity index is 755. The smallest absolute Gasteiger partial charge is 0.229 e. The Hall–Kier alpha value is -2.69. The fraction of sp³-hybridized carbons (Fsp3) is 0.0625. The molecule has 0 aliphatic heterocycles. The molecule has 2 aromatic carbocycles. The van der Waals surface area contributed by atoms with Crippen molar-refractivity contribution in [3.8, 4) is 11.5 Å². The van der Waals surface area contributed by atoms with E-state index in [4.69, 9.17) is 4.42 Å². The maximum atomic E-state index is 13.6. The van der Waals surface area contributed by atoms with E-state index in [1.54, 1.807) is 36.4 Å². The summed E-state index contributed by atoms with van der Waals surface area (Å²) in [6, 6.07) is 12.6. The average molecular weight is 286 g/mol. The monoisotopic (exact) mass is 286 g/mol. The van der Waals surface area contributed by atoms with Gasteiger partial charge in [-0.05, 0) is 24.3 Å². The van der Waals surface area contributed by atoms with Gasteiger partial charge < -0.3 is 9.73 Å². The predicted molar refractivity (Wildman–Crippen MR) is 75.6 cm³/mol. The van der Waals surface area contributed by atoms with E-state index < -0.39 is 5.82 Å². The van der Waals surface area contributed by atoms with Crippen molar-refractivity contribution >= 4 is 5.69 Å². The second-order valence-corrected chi connectivity index (χ2v) is 4.46. The van der Waals surface area contributed by atoms with Gasteiger partial charge in [-0.1, -0.05) is 24.3 Å². The lowest BCUT2D eigenvalue weighted by molar-refractivity contribution is 0.561. The topological polar surface area (TPSA) is 38.1 Å². The van der Waals surface area contributed by atoms with E-state index in [1.165, 1.54) is 18.4 Å². The molecule has 106 valence electrons. The van der Waals surface area contributed by atoms with Crippen LogP contribution in [0.3, 0.4) is 0 Å². The van der Waals surface area contributed by atoms with Crippen LogP contribution in [0.2, 0.25) is 0 Å². The van der Waals surface area contributed by atoms with Crippen LogP contribution >= 0.6 is 0 Å². The quantitative estimate of drug-likeness (QED) is 0.780. The Labute approximate surface area is 120 Å². The van der Waals surface area contributed by atoms with Crippen LogP contribution in [0, 0.1) is 11.6 Å². The summed E-state index contributed by atoms with van der Waals surface area (Å²) in [5, 5.41) is 2.92. The van der Waals surface area contributed by atoms with Crippen molar-refractivity contribution in [2.24, 2.45) is 0 Å². The maximum Gasteiger partial charge on any atom is 0.229 e. The summed E-state index contributed by atoms with van der Waals surface area (Å²) in [6.45, 7) is 0.291. The molecule has 1 heterocycles. The van der Waals surface area contributed by atoms with Crippen molar-refractivity contribution in [1.29, 1.82) is 0 Å². The van der Waals surface area contributed by atoms with Gasteiger partial charge in [-0.25, -0.2) is 13.8 Å². The lowest BCUT2D eigenvalue weighted by Crippen LogP contribution is -2.01. The zero-order valence-corrected chi connectivity index (χ0v) is 11.0. The van der Waals surface area contributed by atoms with Crippen LogP contribution in [0.5, 0.6) is 0 Å². The fourth-order valence-corrected chi connectivity index (χ4v) is 1.94. The lowest BCUT2D eigenvalue weighted by Gasteiger charge is -2.04. The molecule has 0 atom stereocenters. The largest absolute Gasteiger partial charge is 0.444 e. The number of anilines is 1. The van der Waals surface area contributed by atoms with Crippen LogP contribution < -0.4 is 5.32 Å². The molecule has 0 aliphatic carbocycles. The third-order valence-corrected chi connectivity index (χ3v) is 2.99. The first kappa shape index (κ1) is 13.3. The molecule has 0 saturated heterocycles. The van der Waals surface area contributed by atoms with Gasteiger partial charge in [0.25, 0.3) is 0 Å². The summed E-state index contributed by atoms with van der Waals surface area (Å²) >= 11 is 0. The number of nitrogens with one attached hydrogen (secondary N) is 1. The number of para-hydroxylation sites is 1. The molecule has 0 bridgehead atoms. The summed E-state index contributed by atoms with van der Waals surface area (Å²) < 4.78 is 32.3. The fourth-order valence-electron chi connectivity index (χ4n) is 1.94. The molecular weight excluding hydrogens is 274 g/mol. The Morgan fingerprint density at radius 1 is 0.952 bits per heavy atom. The third-order valence-electron chi connectivity index (χ3n) is 2.99. The first-order valence-electron chi connectivity index (χ1n) is 6.42. The van der Waals surface area contributed by atoms with Crippen molar-refractivity contribution in [1.82, 2.24) is 4.98 Å². The number of benzene rings is 2. The SMILES string of the molecule is Fc1ccccc1NCc1coc(-c2ccccc2F)n1. The molecule has 5 heteroatoms. The van der Waals surface area contributed by atoms with E-state index in [-0.39, 0.29) is 11.7 Å². The summed E-state index contributed by atoms with van der Waals surface area (Å²) in [5.74, 6) is -0.526. The Balaban J connectivity index is 1.74. The summed E-state index contributed by atoms with van der Waals surface area (Å²) in [4.78, 5) is 4.19. The van der Waals surface area contributed by atoms with Crippen molar-refractivity contribution in [2.75, 3.05) is 5.32 Å². The average Bonchev–Trinajstić information content (AvgIpc) is 2.96. The van der Waals surface area contributed by atoms with Gasteiger partial charge in [0.1, 0.15) is 17.9 Å². The van der Waals surface area contributed by atoms with Crippen molar-refractivity contribution in [2.45, 2.75) is 6.54 Å². The molecule has 21 heavy (non-hydrogen) atoms. The van der Waals surface area contributed by atoms with E-state index in [9.17, 15) is 8.78 Å². The van der Waals surface area contributed by atoms with Crippen LogP contribution in [0.1, 0.15) is 5.69 Å². The number of halogens is 2. The summed E-state index contributed by atoms with van der Waals surface area (Å²) in [5.41, 5.74) is 1.25. The molecule has 3 aromatic rings. The van der Waals surface area contributed by atoms with Crippen molar-refractivity contribution in [3.05, 3.63) is 72.1 Å². The maximum absolute atomic E-state index is 13.6. The standard InChI is InChI=1S/C16H12F2N2O/c17-13-6-2-1-5-12(13)16-20-11(10-21-16)9-19-15-8-4-3-7-14(15)18/h1-8,10,19H,9H2. The van der Waals surface area contributed by atoms with Gasteiger partial charge in [-0.3, -0.25) is 0 Å². The minimum absolute atomic E-state index is 0.207. The first-order chi connectivity index (χ1) is 10.2. The van der Waals surface area contributed by atoms with Crippen LogP contribution in [-0.4, -0.2) is 4.98 Å². The molecule has 0 amide bonds. The third kappa shape index (κ3) is 2.91. The normalized spacial score (nSPS) is 10.6. The van der Waals surface area contributed by atoms with Gasteiger partial charge in [0.15, 0.2) is 0 Å². The Kier molecular flexibility index (Phi) is 3.64. The highest BCUT2D eigenvalue weighted by atomic mass is 19.1. The van der Waals surface area contributed by atoms with E-state index in [0.717, 1.165) is 0 Å². The van der Waals surface area contributed by atoms with Gasteiger partial charge in [0, 0.05) is 0 Å². The van der Waals surface area contributed by atoms with E-state index >= 15 is 0 Å². The first-order valence-corrected chi connectivity index (χ1v) is 6.42. The van der Waals surface area contributed by atoms with E-state index in [0.29, 0.717) is 23.5 Å². The number of rotatable bonds is 4. The Morgan fingerprint density at radius 2 is 1.67 bits per heavy atom. The molecule has 1 N–H and O–H groups in total. The zero-order chi connectivity index (χ0) is 14.7.